The van der Waals surface area contributed by atoms with Gasteiger partial charge in [-0.25, -0.2) is 0 Å². The van der Waals surface area contributed by atoms with Crippen molar-refractivity contribution in [2.24, 2.45) is 11.7 Å². The van der Waals surface area contributed by atoms with Crippen LogP contribution in [-0.4, -0.2) is 76.2 Å². The van der Waals surface area contributed by atoms with E-state index in [1.54, 1.807) is 38.1 Å². The van der Waals surface area contributed by atoms with Crippen molar-refractivity contribution < 1.29 is 34.2 Å². The highest BCUT2D eigenvalue weighted by Crippen LogP contribution is 2.12. The lowest BCUT2D eigenvalue weighted by Crippen LogP contribution is -2.54. The van der Waals surface area contributed by atoms with Crippen molar-refractivity contribution in [3.05, 3.63) is 42.0 Å². The van der Waals surface area contributed by atoms with Crippen LogP contribution in [0.3, 0.4) is 0 Å². The maximum Gasteiger partial charge on any atom is 0.253 e. The lowest BCUT2D eigenvalue weighted by Gasteiger charge is -2.25. The molecule has 0 radical (unpaired) electrons. The molecule has 1 aromatic rings. The summed E-state index contributed by atoms with van der Waals surface area (Å²) < 4.78 is 0. The molecule has 0 bridgehead atoms. The number of hydrogen-bond donors (Lipinski definition) is 7. The molecular weight excluding hydrogens is 508 g/mol. The van der Waals surface area contributed by atoms with Crippen LogP contribution in [0.15, 0.2) is 36.4 Å². The smallest absolute Gasteiger partial charge is 0.253 e. The monoisotopic (exact) mass is 546 g/mol. The van der Waals surface area contributed by atoms with Crippen LogP contribution in [0.2, 0.25) is 0 Å². The van der Waals surface area contributed by atoms with Crippen LogP contribution in [0.1, 0.15) is 45.1 Å². The minimum absolute atomic E-state index is 0.00556. The highest BCUT2D eigenvalue weighted by atomic mass is 16.3. The quantitative estimate of drug-likeness (QED) is 0.0775. The number of carbonyl (C=O) groups excluding carboxylic acids is 5. The number of rotatable bonds is 16. The molecule has 8 N–H and O–H groups in total. The highest BCUT2D eigenvalue weighted by Gasteiger charge is 2.29. The Kier molecular flexibility index (Phi) is 12.7. The first-order valence-corrected chi connectivity index (χ1v) is 12.8. The molecule has 0 aliphatic carbocycles. The van der Waals surface area contributed by atoms with E-state index >= 15 is 0 Å². The number of benzene rings is 1. The fourth-order valence-corrected chi connectivity index (χ4v) is 3.84. The molecule has 0 saturated heterocycles. The predicted molar refractivity (Wildman–Crippen MR) is 142 cm³/mol. The second-order valence-corrected chi connectivity index (χ2v) is 9.50. The molecule has 214 valence electrons. The molecule has 39 heavy (non-hydrogen) atoms. The van der Waals surface area contributed by atoms with Gasteiger partial charge in [-0.1, -0.05) is 26.0 Å². The second-order valence-electron chi connectivity index (χ2n) is 9.50. The molecule has 0 spiro atoms. The Labute approximate surface area is 227 Å². The van der Waals surface area contributed by atoms with E-state index in [0.717, 1.165) is 4.90 Å². The molecule has 5 amide bonds. The molecule has 0 fully saturated rings. The summed E-state index contributed by atoms with van der Waals surface area (Å²) in [5.74, 6) is -2.61. The Balaban J connectivity index is 1.99. The summed E-state index contributed by atoms with van der Waals surface area (Å²) >= 11 is 0. The van der Waals surface area contributed by atoms with E-state index in [1.807, 2.05) is 0 Å². The normalized spacial score (nSPS) is 15.3. The van der Waals surface area contributed by atoms with Gasteiger partial charge in [-0.05, 0) is 49.4 Å². The fourth-order valence-electron chi connectivity index (χ4n) is 3.84. The number of nitrogens with one attached hydrogen (secondary N) is 4. The first-order valence-electron chi connectivity index (χ1n) is 12.8. The van der Waals surface area contributed by atoms with Crippen molar-refractivity contribution in [1.82, 2.24) is 20.9 Å². The van der Waals surface area contributed by atoms with Gasteiger partial charge in [0.1, 0.15) is 12.1 Å². The van der Waals surface area contributed by atoms with E-state index in [1.165, 1.54) is 12.2 Å². The van der Waals surface area contributed by atoms with Crippen molar-refractivity contribution in [1.29, 1.82) is 0 Å². The summed E-state index contributed by atoms with van der Waals surface area (Å²) in [5.41, 5.74) is 6.43. The average Bonchev–Trinajstić information content (AvgIpc) is 3.21. The van der Waals surface area contributed by atoms with Crippen LogP contribution in [0, 0.1) is 5.92 Å². The van der Waals surface area contributed by atoms with Crippen LogP contribution in [0.4, 0.5) is 5.69 Å². The number of nitrogens with zero attached hydrogens (tertiary/aromatic N) is 1. The largest absolute Gasteiger partial charge is 0.392 e. The standard InChI is InChI=1S/C26H38N6O7/c1-16(2)23(31-20(34)6-4-14-32-21(35)11-12-22(32)36)25(38)30-19(5-3-13-28-26(27)39)24(37)29-18-9-7-17(15-33)8-10-18/h7-12,16,19,23,26,28,33,39H,3-6,13-15,27H2,1-2H3,(H,29,37)(H,30,38)(H,31,34)/t19-,23-,26?/m0/s1. The molecule has 1 aliphatic heterocycles. The molecule has 0 aromatic heterocycles. The number of aliphatic hydroxyl groups is 2. The van der Waals surface area contributed by atoms with Gasteiger partial charge in [0.15, 0.2) is 6.35 Å². The summed E-state index contributed by atoms with van der Waals surface area (Å²) in [7, 11) is 0. The van der Waals surface area contributed by atoms with Crippen LogP contribution in [0.25, 0.3) is 0 Å². The second kappa shape index (κ2) is 15.7. The van der Waals surface area contributed by atoms with Crippen molar-refractivity contribution in [2.45, 2.75) is 64.6 Å². The van der Waals surface area contributed by atoms with Crippen molar-refractivity contribution >= 4 is 35.2 Å². The number of anilines is 1. The van der Waals surface area contributed by atoms with Gasteiger partial charge in [-0.3, -0.25) is 39.9 Å². The minimum atomic E-state index is -1.21. The molecule has 3 atom stereocenters. The van der Waals surface area contributed by atoms with Crippen LogP contribution < -0.4 is 27.0 Å². The number of nitrogens with two attached hydrogens (primary N) is 1. The molecule has 13 heteroatoms. The first kappa shape index (κ1) is 31.6. The van der Waals surface area contributed by atoms with Crippen molar-refractivity contribution in [3.63, 3.8) is 0 Å². The summed E-state index contributed by atoms with van der Waals surface area (Å²) in [5, 5.41) is 29.2. The van der Waals surface area contributed by atoms with E-state index in [4.69, 9.17) is 5.73 Å². The molecule has 13 nitrogen and oxygen atoms in total. The van der Waals surface area contributed by atoms with Gasteiger partial charge in [0.2, 0.25) is 17.7 Å². The third kappa shape index (κ3) is 10.6. The molecule has 1 heterocycles. The van der Waals surface area contributed by atoms with Crippen LogP contribution in [0.5, 0.6) is 0 Å². The van der Waals surface area contributed by atoms with Gasteiger partial charge in [0.05, 0.1) is 6.61 Å². The van der Waals surface area contributed by atoms with E-state index in [9.17, 15) is 34.2 Å². The molecule has 1 unspecified atom stereocenters. The number of carbonyl (C=O) groups is 5. The molecular formula is C26H38N6O7. The molecule has 2 rings (SSSR count). The van der Waals surface area contributed by atoms with Gasteiger partial charge < -0.3 is 26.2 Å². The zero-order chi connectivity index (χ0) is 28.9. The van der Waals surface area contributed by atoms with Gasteiger partial charge in [-0.15, -0.1) is 0 Å². The van der Waals surface area contributed by atoms with Crippen LogP contribution in [-0.2, 0) is 30.6 Å². The van der Waals surface area contributed by atoms with Crippen LogP contribution >= 0.6 is 0 Å². The first-order chi connectivity index (χ1) is 18.5. The summed E-state index contributed by atoms with van der Waals surface area (Å²) in [4.78, 5) is 63.1. The Hall–Kier alpha value is -3.65. The Morgan fingerprint density at radius 1 is 0.974 bits per heavy atom. The van der Waals surface area contributed by atoms with E-state index < -0.39 is 48.0 Å². The number of aliphatic hydroxyl groups excluding tert-OH is 2. The topological polar surface area (TPSA) is 203 Å². The Morgan fingerprint density at radius 3 is 2.18 bits per heavy atom. The summed E-state index contributed by atoms with van der Waals surface area (Å²) in [6.45, 7) is 3.75. The Morgan fingerprint density at radius 2 is 1.62 bits per heavy atom. The maximum atomic E-state index is 13.2. The summed E-state index contributed by atoms with van der Waals surface area (Å²) in [6, 6.07) is 4.69. The third-order valence-electron chi connectivity index (χ3n) is 6.01. The lowest BCUT2D eigenvalue weighted by atomic mass is 10.0. The van der Waals surface area contributed by atoms with E-state index in [2.05, 4.69) is 21.3 Å². The van der Waals surface area contributed by atoms with Gasteiger partial charge in [0, 0.05) is 30.8 Å². The number of hydrogen-bond acceptors (Lipinski definition) is 9. The van der Waals surface area contributed by atoms with E-state index in [-0.39, 0.29) is 38.3 Å². The Bertz CT molecular complexity index is 1020. The predicted octanol–water partition coefficient (Wildman–Crippen LogP) is -0.947. The fraction of sp³-hybridized carbons (Fsp3) is 0.500. The summed E-state index contributed by atoms with van der Waals surface area (Å²) in [6.07, 6.45) is 1.98. The maximum absolute atomic E-state index is 13.2. The minimum Gasteiger partial charge on any atom is -0.392 e. The van der Waals surface area contributed by atoms with Gasteiger partial charge >= 0.3 is 0 Å². The van der Waals surface area contributed by atoms with Gasteiger partial charge in [0.25, 0.3) is 11.8 Å². The number of amides is 5. The number of imide groups is 1. The SMILES string of the molecule is CC(C)[C@H](NC(=O)CCCN1C(=O)C=CC1=O)C(=O)N[C@@H](CCCNC(N)O)C(=O)Nc1ccc(CO)cc1. The van der Waals surface area contributed by atoms with Crippen molar-refractivity contribution in [2.75, 3.05) is 18.4 Å². The molecule has 0 saturated carbocycles. The van der Waals surface area contributed by atoms with E-state index in [0.29, 0.717) is 24.2 Å². The molecule has 1 aliphatic rings. The van der Waals surface area contributed by atoms with Gasteiger partial charge in [-0.2, -0.15) is 0 Å². The average molecular weight is 547 g/mol. The highest BCUT2D eigenvalue weighted by molar-refractivity contribution is 6.12. The zero-order valence-electron chi connectivity index (χ0n) is 22.2. The molecule has 1 aromatic carbocycles. The van der Waals surface area contributed by atoms with Crippen molar-refractivity contribution in [3.8, 4) is 0 Å². The lowest BCUT2D eigenvalue weighted by molar-refractivity contribution is -0.137. The third-order valence-corrected chi connectivity index (χ3v) is 6.01. The zero-order valence-corrected chi connectivity index (χ0v) is 22.2.